The molecule has 0 aliphatic carbocycles. The molecule has 21 heavy (non-hydrogen) atoms. The summed E-state index contributed by atoms with van der Waals surface area (Å²) in [6.07, 6.45) is 2.14. The van der Waals surface area contributed by atoms with E-state index in [1.54, 1.807) is 20.8 Å². The Labute approximate surface area is 125 Å². The molecule has 6 nitrogen and oxygen atoms in total. The smallest absolute Gasteiger partial charge is 0.410 e. The number of rotatable bonds is 2. The van der Waals surface area contributed by atoms with Crippen LogP contribution in [0.15, 0.2) is 17.6 Å². The lowest BCUT2D eigenvalue weighted by molar-refractivity contribution is 0.0295. The van der Waals surface area contributed by atoms with Crippen molar-refractivity contribution < 1.29 is 18.1 Å². The number of amides is 1. The Balaban J connectivity index is 1.97. The number of nitrogens with zero attached hydrogens (tertiary/aromatic N) is 3. The molecule has 0 aromatic carbocycles. The van der Waals surface area contributed by atoms with Crippen molar-refractivity contribution in [3.8, 4) is 0 Å². The number of carbonyl (C=O) groups is 1. The second kappa shape index (κ2) is 6.05. The second-order valence-corrected chi connectivity index (χ2v) is 7.44. The summed E-state index contributed by atoms with van der Waals surface area (Å²) in [6.45, 7) is 6.18. The van der Waals surface area contributed by atoms with Gasteiger partial charge in [0.1, 0.15) is 5.60 Å². The van der Waals surface area contributed by atoms with Gasteiger partial charge in [0.05, 0.1) is 28.4 Å². The number of hydrogen-bond donors (Lipinski definition) is 0. The molecule has 0 N–H and O–H groups in total. The van der Waals surface area contributed by atoms with Crippen molar-refractivity contribution in [2.75, 3.05) is 13.1 Å². The number of ether oxygens (including phenoxy) is 1. The summed E-state index contributed by atoms with van der Waals surface area (Å²) in [5, 5.41) is -0.171. The van der Waals surface area contributed by atoms with E-state index in [0.29, 0.717) is 19.5 Å². The molecule has 1 aromatic heterocycles. The Morgan fingerprint density at radius 3 is 2.62 bits per heavy atom. The predicted octanol–water partition coefficient (Wildman–Crippen LogP) is 1.73. The summed E-state index contributed by atoms with van der Waals surface area (Å²) in [7, 11) is -1.47. The van der Waals surface area contributed by atoms with Crippen LogP contribution in [0.4, 0.5) is 9.18 Å². The first-order valence-electron chi connectivity index (χ1n) is 6.62. The van der Waals surface area contributed by atoms with Crippen molar-refractivity contribution in [1.29, 1.82) is 0 Å². The zero-order chi connectivity index (χ0) is 15.6. The topological polar surface area (TPSA) is 72.4 Å². The van der Waals surface area contributed by atoms with Gasteiger partial charge in [-0.05, 0) is 27.2 Å². The molecule has 2 heterocycles. The quantitative estimate of drug-likeness (QED) is 0.777. The maximum Gasteiger partial charge on any atom is 0.410 e. The van der Waals surface area contributed by atoms with Gasteiger partial charge in [0.15, 0.2) is 5.82 Å². The van der Waals surface area contributed by atoms with Gasteiger partial charge in [-0.1, -0.05) is 0 Å². The molecule has 0 unspecified atom stereocenters. The third-order valence-electron chi connectivity index (χ3n) is 2.88. The van der Waals surface area contributed by atoms with E-state index in [9.17, 15) is 13.4 Å². The summed E-state index contributed by atoms with van der Waals surface area (Å²) >= 11 is 0. The molecular formula is C13H18FN3O3S. The van der Waals surface area contributed by atoms with Crippen molar-refractivity contribution >= 4 is 16.9 Å². The van der Waals surface area contributed by atoms with Gasteiger partial charge in [0.2, 0.25) is 5.16 Å². The third kappa shape index (κ3) is 4.20. The fourth-order valence-electron chi connectivity index (χ4n) is 1.95. The molecule has 1 aliphatic rings. The summed E-state index contributed by atoms with van der Waals surface area (Å²) in [4.78, 5) is 20.9. The minimum Gasteiger partial charge on any atom is -0.444 e. The fraction of sp³-hybridized carbons (Fsp3) is 0.615. The van der Waals surface area contributed by atoms with Crippen LogP contribution in [0.2, 0.25) is 0 Å². The lowest BCUT2D eigenvalue weighted by Crippen LogP contribution is -2.36. The number of halogens is 1. The Bertz CT molecular complexity index is 545. The van der Waals surface area contributed by atoms with Crippen molar-refractivity contribution in [2.24, 2.45) is 0 Å². The van der Waals surface area contributed by atoms with Crippen LogP contribution in [0.3, 0.4) is 0 Å². The molecule has 1 fully saturated rings. The number of likely N-dealkylation sites (tertiary alicyclic amines) is 1. The molecule has 0 spiro atoms. The van der Waals surface area contributed by atoms with E-state index >= 15 is 0 Å². The average Bonchev–Trinajstić information content (AvgIpc) is 2.86. The van der Waals surface area contributed by atoms with Crippen molar-refractivity contribution in [2.45, 2.75) is 43.2 Å². The van der Waals surface area contributed by atoms with Crippen molar-refractivity contribution in [1.82, 2.24) is 14.9 Å². The Kier molecular flexibility index (Phi) is 4.55. The highest BCUT2D eigenvalue weighted by molar-refractivity contribution is 7.85. The summed E-state index contributed by atoms with van der Waals surface area (Å²) in [6, 6.07) is 0. The van der Waals surface area contributed by atoms with Gasteiger partial charge in [-0.25, -0.2) is 19.2 Å². The van der Waals surface area contributed by atoms with Gasteiger partial charge < -0.3 is 9.64 Å². The van der Waals surface area contributed by atoms with Crippen LogP contribution in [0.25, 0.3) is 0 Å². The van der Waals surface area contributed by atoms with E-state index in [2.05, 4.69) is 9.97 Å². The Morgan fingerprint density at radius 2 is 2.05 bits per heavy atom. The minimum atomic E-state index is -1.47. The molecule has 2 atom stereocenters. The van der Waals surface area contributed by atoms with Gasteiger partial charge in [0.25, 0.3) is 0 Å². The van der Waals surface area contributed by atoms with Crippen LogP contribution in [-0.4, -0.2) is 49.1 Å². The highest BCUT2D eigenvalue weighted by atomic mass is 32.2. The minimum absolute atomic E-state index is 0.0902. The van der Waals surface area contributed by atoms with Gasteiger partial charge in [-0.3, -0.25) is 4.21 Å². The van der Waals surface area contributed by atoms with Crippen LogP contribution in [0.5, 0.6) is 0 Å². The standard InChI is InChI=1S/C13H18FN3O3S/c1-13(2,3)20-12(18)17-5-4-10(8-17)21(19)11-15-6-9(14)7-16-11/h6-7,10H,4-5,8H2,1-3H3/t10-,21+/m0/s1. The molecule has 0 radical (unpaired) electrons. The van der Waals surface area contributed by atoms with E-state index in [-0.39, 0.29) is 10.4 Å². The first kappa shape index (κ1) is 15.8. The molecule has 1 amide bonds. The molecule has 1 aliphatic heterocycles. The molecule has 0 saturated carbocycles. The number of aromatic nitrogens is 2. The van der Waals surface area contributed by atoms with Gasteiger partial charge in [-0.15, -0.1) is 0 Å². The summed E-state index contributed by atoms with van der Waals surface area (Å²) in [5.74, 6) is -0.572. The molecule has 0 bridgehead atoms. The van der Waals surface area contributed by atoms with E-state index < -0.39 is 28.3 Å². The lowest BCUT2D eigenvalue weighted by atomic mass is 10.2. The molecule has 116 valence electrons. The maximum absolute atomic E-state index is 12.8. The van der Waals surface area contributed by atoms with Crippen LogP contribution in [-0.2, 0) is 15.5 Å². The third-order valence-corrected chi connectivity index (χ3v) is 4.44. The molecule has 1 aromatic rings. The number of carbonyl (C=O) groups excluding carboxylic acids is 1. The van der Waals surface area contributed by atoms with Gasteiger partial charge in [-0.2, -0.15) is 0 Å². The molecular weight excluding hydrogens is 297 g/mol. The zero-order valence-electron chi connectivity index (χ0n) is 12.2. The van der Waals surface area contributed by atoms with Crippen LogP contribution < -0.4 is 0 Å². The lowest BCUT2D eigenvalue weighted by Gasteiger charge is -2.24. The highest BCUT2D eigenvalue weighted by Crippen LogP contribution is 2.20. The van der Waals surface area contributed by atoms with E-state index in [1.807, 2.05) is 0 Å². The first-order valence-corrected chi connectivity index (χ1v) is 7.83. The van der Waals surface area contributed by atoms with Crippen molar-refractivity contribution in [3.63, 3.8) is 0 Å². The molecule has 1 saturated heterocycles. The summed E-state index contributed by atoms with van der Waals surface area (Å²) in [5.41, 5.74) is -0.561. The monoisotopic (exact) mass is 315 g/mol. The van der Waals surface area contributed by atoms with Crippen LogP contribution >= 0.6 is 0 Å². The molecule has 2 rings (SSSR count). The number of hydrogen-bond acceptors (Lipinski definition) is 5. The fourth-order valence-corrected chi connectivity index (χ4v) is 3.19. The first-order chi connectivity index (χ1) is 9.76. The van der Waals surface area contributed by atoms with Crippen LogP contribution in [0, 0.1) is 5.82 Å². The Hall–Kier alpha value is -1.57. The second-order valence-electron chi connectivity index (χ2n) is 5.82. The average molecular weight is 315 g/mol. The van der Waals surface area contributed by atoms with E-state index in [0.717, 1.165) is 12.4 Å². The van der Waals surface area contributed by atoms with Crippen LogP contribution in [0.1, 0.15) is 27.2 Å². The largest absolute Gasteiger partial charge is 0.444 e. The van der Waals surface area contributed by atoms with Gasteiger partial charge >= 0.3 is 6.09 Å². The maximum atomic E-state index is 12.8. The molecule has 8 heteroatoms. The van der Waals surface area contributed by atoms with E-state index in [1.165, 1.54) is 4.90 Å². The van der Waals surface area contributed by atoms with E-state index in [4.69, 9.17) is 4.74 Å². The normalized spacial score (nSPS) is 20.4. The SMILES string of the molecule is CC(C)(C)OC(=O)N1CC[C@H]([S@@](=O)c2ncc(F)cn2)C1. The van der Waals surface area contributed by atoms with Crippen molar-refractivity contribution in [3.05, 3.63) is 18.2 Å². The Morgan fingerprint density at radius 1 is 1.43 bits per heavy atom. The van der Waals surface area contributed by atoms with Gasteiger partial charge in [0, 0.05) is 13.1 Å². The predicted molar refractivity (Wildman–Crippen MR) is 74.6 cm³/mol. The summed E-state index contributed by atoms with van der Waals surface area (Å²) < 4.78 is 30.3. The highest BCUT2D eigenvalue weighted by Gasteiger charge is 2.34. The zero-order valence-corrected chi connectivity index (χ0v) is 13.0.